The van der Waals surface area contributed by atoms with Crippen LogP contribution in [0.3, 0.4) is 0 Å². The zero-order valence-electron chi connectivity index (χ0n) is 94.9. The molecule has 37 nitrogen and oxygen atoms in total. The molecular formula is C98H212B8F3N19NaO18. The number of carbonyl (C=O) groups is 6. The van der Waals surface area contributed by atoms with E-state index < -0.39 is 71.6 Å². The second kappa shape index (κ2) is 124. The molecule has 31 N–H and O–H groups in total. The molecule has 2 aromatic carbocycles. The summed E-state index contributed by atoms with van der Waals surface area (Å²) in [4.78, 5) is 76.2. The number of nitrogens with two attached hydrogens (primary N) is 7. The van der Waals surface area contributed by atoms with Gasteiger partial charge in [-0.3, -0.25) is 29.1 Å². The number of aliphatic hydroxyl groups excluding tert-OH is 1. The largest absolute Gasteiger partial charge is 1.00 e. The summed E-state index contributed by atoms with van der Waals surface area (Å²) in [6.45, 7) is 55.2. The fourth-order valence-electron chi connectivity index (χ4n) is 13.2. The monoisotopic (exact) mass is 2110 g/mol. The minimum Gasteiger partial charge on any atom is -0.793 e. The summed E-state index contributed by atoms with van der Waals surface area (Å²) in [5.74, 6) is -1.44. The maximum atomic E-state index is 10.4. The van der Waals surface area contributed by atoms with Crippen molar-refractivity contribution in [2.45, 2.75) is 341 Å². The van der Waals surface area contributed by atoms with Crippen LogP contribution in [0.1, 0.15) is 267 Å². The predicted octanol–water partition coefficient (Wildman–Crippen LogP) is 4.04. The number of aliphatic carboxylic acids is 1. The molecule has 0 amide bonds. The smallest absolute Gasteiger partial charge is 0.793 e. The van der Waals surface area contributed by atoms with Crippen LogP contribution in [0.15, 0.2) is 60.7 Å². The number of halogens is 3. The summed E-state index contributed by atoms with van der Waals surface area (Å²) in [6.07, 6.45) is 27.0. The Hall–Kier alpha value is -4.11. The van der Waals surface area contributed by atoms with Crippen molar-refractivity contribution in [3.8, 4) is 0 Å². The minimum atomic E-state index is -4.64. The van der Waals surface area contributed by atoms with E-state index in [9.17, 15) is 47.2 Å². The number of benzene rings is 2. The van der Waals surface area contributed by atoms with Gasteiger partial charge in [-0.15, -0.1) is 0 Å². The normalized spacial score (nSPS) is 12.2. The summed E-state index contributed by atoms with van der Waals surface area (Å²) in [5, 5.41) is 105. The van der Waals surface area contributed by atoms with Crippen molar-refractivity contribution in [3.63, 3.8) is 0 Å². The Morgan fingerprint density at radius 2 is 0.735 bits per heavy atom. The summed E-state index contributed by atoms with van der Waals surface area (Å²) >= 11 is 0. The number of carboxylic acid groups (broad SMARTS) is 1. The Morgan fingerprint density at radius 3 is 0.993 bits per heavy atom. The fourth-order valence-corrected chi connectivity index (χ4v) is 13.2. The second-order valence-corrected chi connectivity index (χ2v) is 37.0. The van der Waals surface area contributed by atoms with Crippen molar-refractivity contribution in [2.75, 3.05) is 157 Å². The van der Waals surface area contributed by atoms with E-state index in [-0.39, 0.29) is 68.1 Å². The maximum absolute atomic E-state index is 10.4. The van der Waals surface area contributed by atoms with E-state index in [4.69, 9.17) is 80.3 Å². The molecule has 0 heterocycles. The van der Waals surface area contributed by atoms with Gasteiger partial charge in [0.2, 0.25) is 12.3 Å². The van der Waals surface area contributed by atoms with Gasteiger partial charge in [-0.2, -0.15) is 13.2 Å². The van der Waals surface area contributed by atoms with Gasteiger partial charge >= 0.3 is 103 Å². The maximum Gasteiger partial charge on any atom is 1.00 e. The molecule has 853 valence electrons. The number of carboxylic acids is 1. The fraction of sp³-hybridized carbons (Fsp3) is 0.816. The first-order valence-electron chi connectivity index (χ1n) is 53.9. The quantitative estimate of drug-likeness (QED) is 0.0146. The topological polar surface area (TPSA) is 604 Å². The standard InChI is InChI=1S/C19H44BN3O.C15H40BN7O.C15H27BN2O.C8H18BNO3.C8H20BNO2.C8H18BNO2.C7H20BN3O.C7H9N.C4H6O4.C3H6.C2H3BO2.C2HF3O.Na/c1-6-14-22(15-7-2)18-19(23(16-8-3)17-9-4)12-10-11-13-21-20(5)24;1-16(24)21-9-3-2-4-15(23(12-7-19)13-8-20)14-22(10-5-17)11-6-18;1-14(8-6-7-11-18-16(2)19)12-17-13-15-9-4-3-5-10-15;1-7(8(11)12)5-3-4-6-10-9(2)13;2*1-8(7-11)5-3-4-6-10-9(2)12;1-8(12)11-5-3-2-4-7(10)6-9;8-6-7-4-2-1-3-5-7;1-3(5)7-8-4(2)6;1-2-3-1;1-2(4)5-3;3-2(4,5)1-6;/h19,21,24H,6-18H2,1-5H3;15,21,24H,2-14,17-20H2,1H3;3-5,9-10,14,17-19H,6-8,11-13H2,1-2H3;7,10,13H,3-6H2,1-2H3,(H,11,12);8,10-12H,3-7H2,1-2H3;7-8,10,12H,3-6H2,1-2H3;7,11-12H,2-6,9-10H2,1H3;1-5H,6,8H2;1-2H3;1-3H2;1H3;1H;/q;;;;;;;;;;-1;;+1. The molecule has 1 aliphatic carbocycles. The zero-order valence-corrected chi connectivity index (χ0v) is 96.9. The number of hydrogen-bond acceptors (Lipinski definition) is 36. The van der Waals surface area contributed by atoms with Crippen LogP contribution < -0.4 is 112 Å². The van der Waals surface area contributed by atoms with Gasteiger partial charge in [0, 0.05) is 137 Å². The first kappa shape index (κ1) is 163. The van der Waals surface area contributed by atoms with E-state index in [1.165, 1.54) is 121 Å². The van der Waals surface area contributed by atoms with Gasteiger partial charge in [-0.1, -0.05) is 180 Å². The molecule has 0 bridgehead atoms. The second-order valence-electron chi connectivity index (χ2n) is 37.0. The molecule has 0 spiro atoms. The van der Waals surface area contributed by atoms with Gasteiger partial charge in [0.15, 0.2) is 0 Å². The van der Waals surface area contributed by atoms with E-state index in [1.807, 2.05) is 50.2 Å². The summed E-state index contributed by atoms with van der Waals surface area (Å²) < 4.78 is 34.9. The van der Waals surface area contributed by atoms with Gasteiger partial charge in [-0.05, 0) is 265 Å². The molecule has 2 aromatic rings. The van der Waals surface area contributed by atoms with E-state index in [2.05, 4.69) is 143 Å². The van der Waals surface area contributed by atoms with E-state index in [1.54, 1.807) is 54.7 Å². The number of alkyl halides is 3. The number of unbranched alkanes of at least 4 members (excludes halogenated alkanes) is 7. The summed E-state index contributed by atoms with van der Waals surface area (Å²) in [7, 11) is 1.39. The first-order chi connectivity index (χ1) is 69.3. The van der Waals surface area contributed by atoms with Crippen LogP contribution >= 0.6 is 0 Å². The van der Waals surface area contributed by atoms with Crippen LogP contribution in [-0.2, 0) is 56.3 Å². The van der Waals surface area contributed by atoms with Crippen LogP contribution in [0.2, 0.25) is 47.8 Å². The average Bonchev–Trinajstić information content (AvgIpc) is 0.909. The van der Waals surface area contributed by atoms with Gasteiger partial charge in [-0.25, -0.2) is 19.4 Å². The molecule has 0 aliphatic heterocycles. The Kier molecular flexibility index (Phi) is 137. The molecule has 49 heteroatoms. The average molecular weight is 2110 g/mol. The minimum absolute atomic E-state index is 0. The van der Waals surface area contributed by atoms with Crippen molar-refractivity contribution < 1.29 is 131 Å². The summed E-state index contributed by atoms with van der Waals surface area (Å²) in [5.41, 5.74) is 41.9. The number of carbonyl (C=O) groups excluding carboxylic acids is 5. The Morgan fingerprint density at radius 1 is 0.442 bits per heavy atom. The molecule has 147 heavy (non-hydrogen) atoms. The number of aliphatic hydroxyl groups is 1. The van der Waals surface area contributed by atoms with Gasteiger partial charge in [0.05, 0.1) is 5.92 Å². The van der Waals surface area contributed by atoms with E-state index in [0.717, 1.165) is 214 Å². The number of nitrogens with zero attached hydrogens (tertiary/aromatic N) is 4. The van der Waals surface area contributed by atoms with Crippen molar-refractivity contribution in [3.05, 3.63) is 71.8 Å². The zero-order chi connectivity index (χ0) is 113. The third-order valence-electron chi connectivity index (χ3n) is 21.1. The molecule has 0 saturated heterocycles. The predicted molar refractivity (Wildman–Crippen MR) is 605 cm³/mol. The molecular weight excluding hydrogens is 1900 g/mol. The van der Waals surface area contributed by atoms with Crippen molar-refractivity contribution in [1.29, 1.82) is 0 Å². The molecule has 7 atom stereocenters. The SMILES string of the molecule is C1CC1.CB(O)NCCCCC(C)C(=O)O.CB(O)NCCCCC(C)C=O.CB(O)NCCCCC(C)CNCc1ccccc1.CB(O)NCCCCC(C)CO.CB(O)NCCCCC(CN(CCN)CCN)N(CCN)CCN.CB(O)NCCCCC(N)CN.CC(=O)OOC(C)=O.CCCN(CCC)CC(CCCCNB(C)O)N(CCC)CCC.NCc1ccccc1.O=CC(F)(F)F.[B-]OC(C)=O.[Na+]. The van der Waals surface area contributed by atoms with Gasteiger partial charge in [0.25, 0.3) is 0 Å². The number of rotatable bonds is 73. The first-order valence-corrected chi connectivity index (χ1v) is 53.9. The van der Waals surface area contributed by atoms with Crippen molar-refractivity contribution in [2.24, 2.45) is 63.8 Å². The van der Waals surface area contributed by atoms with E-state index >= 15 is 0 Å². The van der Waals surface area contributed by atoms with Crippen molar-refractivity contribution >= 4 is 93.9 Å². The Balaban J connectivity index is -0.000000180. The van der Waals surface area contributed by atoms with Crippen LogP contribution in [0, 0.1) is 23.7 Å². The molecule has 1 fully saturated rings. The van der Waals surface area contributed by atoms with Crippen LogP contribution in [0.25, 0.3) is 0 Å². The van der Waals surface area contributed by atoms with Crippen LogP contribution in [-0.4, -0.2) is 340 Å². The molecule has 1 saturated carbocycles. The third-order valence-corrected chi connectivity index (χ3v) is 21.1. The summed E-state index contributed by atoms with van der Waals surface area (Å²) in [6, 6.07) is 21.7. The Labute approximate surface area is 914 Å². The van der Waals surface area contributed by atoms with E-state index in [0.29, 0.717) is 69.6 Å². The Bertz CT molecular complexity index is 2930. The number of hydrogen-bond donors (Lipinski definition) is 24. The van der Waals surface area contributed by atoms with Gasteiger partial charge < -0.3 is 150 Å². The van der Waals surface area contributed by atoms with Crippen LogP contribution in [0.4, 0.5) is 13.2 Å². The van der Waals surface area contributed by atoms with Gasteiger partial charge in [0.1, 0.15) is 6.29 Å². The third kappa shape index (κ3) is 148. The molecule has 0 aromatic heterocycles. The molecule has 3 rings (SSSR count). The van der Waals surface area contributed by atoms with Crippen LogP contribution in [0.5, 0.6) is 0 Å². The van der Waals surface area contributed by atoms with Crippen molar-refractivity contribution in [1.82, 2.24) is 61.5 Å². The molecule has 3 radical (unpaired) electrons. The number of aldehydes is 2. The number of nitrogens with one attached hydrogen (secondary N) is 8. The molecule has 7 unspecified atom stereocenters. The molecule has 1 aliphatic rings.